The van der Waals surface area contributed by atoms with Crippen LogP contribution in [0.4, 0.5) is 0 Å². The molecule has 0 saturated carbocycles. The fourth-order valence-corrected chi connectivity index (χ4v) is 1.20. The molecule has 0 aromatic rings. The lowest BCUT2D eigenvalue weighted by molar-refractivity contribution is -0.122. The van der Waals surface area contributed by atoms with Gasteiger partial charge in [-0.1, -0.05) is 6.92 Å². The molecule has 0 heterocycles. The Morgan fingerprint density at radius 1 is 1.33 bits per heavy atom. The first-order chi connectivity index (χ1) is 6.97. The van der Waals surface area contributed by atoms with E-state index in [-0.39, 0.29) is 23.9 Å². The van der Waals surface area contributed by atoms with Crippen LogP contribution in [0.1, 0.15) is 33.6 Å². The van der Waals surface area contributed by atoms with Crippen LogP contribution < -0.4 is 16.4 Å². The fraction of sp³-hybridized carbons (Fsp3) is 0.800. The van der Waals surface area contributed by atoms with Gasteiger partial charge in [0.25, 0.3) is 0 Å². The number of hydrogen-bond acceptors (Lipinski definition) is 3. The molecule has 0 saturated heterocycles. The third kappa shape index (κ3) is 6.90. The van der Waals surface area contributed by atoms with Crippen LogP contribution in [0.15, 0.2) is 0 Å². The molecule has 5 nitrogen and oxygen atoms in total. The normalized spacial score (nSPS) is 12.5. The second-order valence-electron chi connectivity index (χ2n) is 3.79. The van der Waals surface area contributed by atoms with E-state index >= 15 is 0 Å². The van der Waals surface area contributed by atoms with Crippen molar-refractivity contribution in [1.82, 2.24) is 10.6 Å². The Morgan fingerprint density at radius 2 is 1.93 bits per heavy atom. The lowest BCUT2D eigenvalue weighted by Gasteiger charge is -2.13. The van der Waals surface area contributed by atoms with Crippen molar-refractivity contribution in [2.75, 3.05) is 6.54 Å². The molecule has 0 aromatic carbocycles. The summed E-state index contributed by atoms with van der Waals surface area (Å²) in [5.41, 5.74) is 5.14. The molecule has 0 fully saturated rings. The van der Waals surface area contributed by atoms with Crippen molar-refractivity contribution in [1.29, 1.82) is 0 Å². The van der Waals surface area contributed by atoms with Gasteiger partial charge in [0.15, 0.2) is 0 Å². The maximum absolute atomic E-state index is 11.2. The summed E-state index contributed by atoms with van der Waals surface area (Å²) in [4.78, 5) is 22.1. The van der Waals surface area contributed by atoms with Crippen LogP contribution in [0.25, 0.3) is 0 Å². The highest BCUT2D eigenvalue weighted by molar-refractivity contribution is 5.80. The Balaban J connectivity index is 3.68. The predicted octanol–water partition coefficient (Wildman–Crippen LogP) is -0.245. The quantitative estimate of drug-likeness (QED) is 0.548. The number of rotatable bonds is 7. The molecule has 1 atom stereocenters. The highest BCUT2D eigenvalue weighted by Gasteiger charge is 2.12. The first-order valence-corrected chi connectivity index (χ1v) is 5.29. The zero-order chi connectivity index (χ0) is 11.8. The van der Waals surface area contributed by atoms with Crippen molar-refractivity contribution < 1.29 is 9.59 Å². The highest BCUT2D eigenvalue weighted by Crippen LogP contribution is 1.90. The average molecular weight is 215 g/mol. The smallest absolute Gasteiger partial charge is 0.234 e. The molecule has 0 radical (unpaired) electrons. The third-order valence-corrected chi connectivity index (χ3v) is 1.94. The molecule has 0 aliphatic rings. The molecule has 0 bridgehead atoms. The van der Waals surface area contributed by atoms with E-state index in [2.05, 4.69) is 10.6 Å². The summed E-state index contributed by atoms with van der Waals surface area (Å²) in [7, 11) is 0. The molecule has 0 aliphatic heterocycles. The van der Waals surface area contributed by atoms with Crippen molar-refractivity contribution in [3.8, 4) is 0 Å². The Morgan fingerprint density at radius 3 is 2.33 bits per heavy atom. The van der Waals surface area contributed by atoms with Gasteiger partial charge >= 0.3 is 0 Å². The number of nitrogens with two attached hydrogens (primary N) is 1. The minimum absolute atomic E-state index is 0.0168. The van der Waals surface area contributed by atoms with Gasteiger partial charge in [-0.3, -0.25) is 9.59 Å². The van der Waals surface area contributed by atoms with E-state index in [0.29, 0.717) is 19.4 Å². The van der Waals surface area contributed by atoms with Crippen LogP contribution in [0.3, 0.4) is 0 Å². The first-order valence-electron chi connectivity index (χ1n) is 5.29. The largest absolute Gasteiger partial charge is 0.368 e. The van der Waals surface area contributed by atoms with E-state index in [4.69, 9.17) is 5.73 Å². The molecule has 88 valence electrons. The van der Waals surface area contributed by atoms with Gasteiger partial charge in [-0.2, -0.15) is 0 Å². The maximum atomic E-state index is 11.2. The van der Waals surface area contributed by atoms with Gasteiger partial charge in [-0.25, -0.2) is 0 Å². The number of carbonyl (C=O) groups excluding carboxylic acids is 2. The van der Waals surface area contributed by atoms with Gasteiger partial charge in [0.1, 0.15) is 0 Å². The molecule has 5 heteroatoms. The zero-order valence-corrected chi connectivity index (χ0v) is 9.67. The standard InChI is InChI=1S/C10H21N3O2/c1-4-8(10(11)15)12-6-5-9(14)13-7(2)3/h7-8,12H,4-6H2,1-3H3,(H2,11,15)(H,13,14). The van der Waals surface area contributed by atoms with Crippen LogP contribution in [0, 0.1) is 0 Å². The van der Waals surface area contributed by atoms with Gasteiger partial charge in [0, 0.05) is 19.0 Å². The van der Waals surface area contributed by atoms with E-state index in [1.54, 1.807) is 0 Å². The van der Waals surface area contributed by atoms with E-state index < -0.39 is 0 Å². The van der Waals surface area contributed by atoms with E-state index in [1.807, 2.05) is 20.8 Å². The Kier molecular flexibility index (Phi) is 6.70. The van der Waals surface area contributed by atoms with Crippen molar-refractivity contribution in [2.45, 2.75) is 45.7 Å². The number of carbonyl (C=O) groups is 2. The van der Waals surface area contributed by atoms with E-state index in [0.717, 1.165) is 0 Å². The summed E-state index contributed by atoms with van der Waals surface area (Å²) in [6.07, 6.45) is 1.00. The van der Waals surface area contributed by atoms with Gasteiger partial charge in [0.2, 0.25) is 11.8 Å². The Hall–Kier alpha value is -1.10. The lowest BCUT2D eigenvalue weighted by atomic mass is 10.2. The molecular weight excluding hydrogens is 194 g/mol. The fourth-order valence-electron chi connectivity index (χ4n) is 1.20. The van der Waals surface area contributed by atoms with Crippen LogP contribution in [-0.4, -0.2) is 30.4 Å². The SMILES string of the molecule is CCC(NCCC(=O)NC(C)C)C(N)=O. The van der Waals surface area contributed by atoms with E-state index in [9.17, 15) is 9.59 Å². The average Bonchev–Trinajstić information content (AvgIpc) is 2.10. The van der Waals surface area contributed by atoms with E-state index in [1.165, 1.54) is 0 Å². The lowest BCUT2D eigenvalue weighted by Crippen LogP contribution is -2.42. The summed E-state index contributed by atoms with van der Waals surface area (Å²) in [6.45, 7) is 6.16. The van der Waals surface area contributed by atoms with Gasteiger partial charge in [-0.15, -0.1) is 0 Å². The molecule has 2 amide bonds. The molecule has 1 unspecified atom stereocenters. The highest BCUT2D eigenvalue weighted by atomic mass is 16.2. The molecule has 0 rings (SSSR count). The molecular formula is C10H21N3O2. The number of hydrogen-bond donors (Lipinski definition) is 3. The second-order valence-corrected chi connectivity index (χ2v) is 3.79. The van der Waals surface area contributed by atoms with Gasteiger partial charge < -0.3 is 16.4 Å². The minimum Gasteiger partial charge on any atom is -0.368 e. The number of nitrogens with one attached hydrogen (secondary N) is 2. The predicted molar refractivity (Wildman–Crippen MR) is 59.2 cm³/mol. The molecule has 0 aliphatic carbocycles. The monoisotopic (exact) mass is 215 g/mol. The molecule has 4 N–H and O–H groups in total. The summed E-state index contributed by atoms with van der Waals surface area (Å²) in [5, 5.41) is 5.71. The topological polar surface area (TPSA) is 84.2 Å². The summed E-state index contributed by atoms with van der Waals surface area (Å²) < 4.78 is 0. The summed E-state index contributed by atoms with van der Waals surface area (Å²) in [6, 6.07) is -0.188. The van der Waals surface area contributed by atoms with Crippen molar-refractivity contribution in [2.24, 2.45) is 5.73 Å². The Labute approximate surface area is 90.8 Å². The van der Waals surface area contributed by atoms with Crippen LogP contribution in [-0.2, 0) is 9.59 Å². The van der Waals surface area contributed by atoms with Crippen molar-refractivity contribution >= 4 is 11.8 Å². The van der Waals surface area contributed by atoms with Crippen molar-refractivity contribution in [3.63, 3.8) is 0 Å². The van der Waals surface area contributed by atoms with Crippen LogP contribution >= 0.6 is 0 Å². The first kappa shape index (κ1) is 13.9. The number of primary amides is 1. The van der Waals surface area contributed by atoms with Crippen LogP contribution in [0.2, 0.25) is 0 Å². The van der Waals surface area contributed by atoms with Gasteiger partial charge in [-0.05, 0) is 20.3 Å². The zero-order valence-electron chi connectivity index (χ0n) is 9.67. The second kappa shape index (κ2) is 7.23. The molecule has 0 aromatic heterocycles. The molecule has 0 spiro atoms. The Bertz CT molecular complexity index is 217. The summed E-state index contributed by atoms with van der Waals surface area (Å²) in [5.74, 6) is -0.390. The summed E-state index contributed by atoms with van der Waals surface area (Å²) >= 11 is 0. The van der Waals surface area contributed by atoms with Crippen molar-refractivity contribution in [3.05, 3.63) is 0 Å². The minimum atomic E-state index is -0.373. The van der Waals surface area contributed by atoms with Gasteiger partial charge in [0.05, 0.1) is 6.04 Å². The third-order valence-electron chi connectivity index (χ3n) is 1.94. The van der Waals surface area contributed by atoms with Crippen LogP contribution in [0.5, 0.6) is 0 Å². The maximum Gasteiger partial charge on any atom is 0.234 e. The molecule has 15 heavy (non-hydrogen) atoms. The number of amides is 2.